The molecule has 0 aliphatic carbocycles. The van der Waals surface area contributed by atoms with E-state index >= 15 is 0 Å². The number of amides is 1. The zero-order chi connectivity index (χ0) is 17.3. The molecule has 1 aromatic heterocycles. The maximum absolute atomic E-state index is 12.6. The fourth-order valence-electron chi connectivity index (χ4n) is 2.71. The Bertz CT molecular complexity index is 856. The first-order chi connectivity index (χ1) is 11.4. The van der Waals surface area contributed by atoms with Gasteiger partial charge in [0.25, 0.3) is 0 Å². The van der Waals surface area contributed by atoms with Gasteiger partial charge in [-0.2, -0.15) is 0 Å². The van der Waals surface area contributed by atoms with Crippen LogP contribution in [0.1, 0.15) is 39.3 Å². The Morgan fingerprint density at radius 1 is 1.08 bits per heavy atom. The number of hydrogen-bond donors (Lipinski definition) is 1. The maximum Gasteiger partial charge on any atom is 0.247 e. The summed E-state index contributed by atoms with van der Waals surface area (Å²) in [6.45, 7) is 8.40. The molecule has 1 atom stereocenters. The van der Waals surface area contributed by atoms with Gasteiger partial charge in [0.1, 0.15) is 6.04 Å². The number of carbonyl (C=O) groups excluding carboxylic acids is 1. The smallest absolute Gasteiger partial charge is 0.247 e. The fourth-order valence-corrected chi connectivity index (χ4v) is 2.71. The number of benzene rings is 2. The molecule has 3 rings (SSSR count). The van der Waals surface area contributed by atoms with Crippen LogP contribution in [0.15, 0.2) is 54.9 Å². The van der Waals surface area contributed by atoms with Crippen molar-refractivity contribution < 1.29 is 4.79 Å². The zero-order valence-electron chi connectivity index (χ0n) is 14.6. The molecule has 0 aliphatic rings. The molecule has 0 bridgehead atoms. The van der Waals surface area contributed by atoms with Gasteiger partial charge in [0.2, 0.25) is 5.91 Å². The van der Waals surface area contributed by atoms with Crippen LogP contribution in [0.25, 0.3) is 11.0 Å². The minimum atomic E-state index is -0.334. The van der Waals surface area contributed by atoms with Gasteiger partial charge >= 0.3 is 0 Å². The Hall–Kier alpha value is -2.62. The van der Waals surface area contributed by atoms with Crippen LogP contribution in [0.5, 0.6) is 0 Å². The highest BCUT2D eigenvalue weighted by molar-refractivity contribution is 5.94. The molecule has 124 valence electrons. The van der Waals surface area contributed by atoms with Gasteiger partial charge < -0.3 is 9.88 Å². The van der Waals surface area contributed by atoms with Crippen molar-refractivity contribution in [2.24, 2.45) is 0 Å². The Kier molecular flexibility index (Phi) is 4.14. The third-order valence-corrected chi connectivity index (χ3v) is 4.30. The maximum atomic E-state index is 12.6. The van der Waals surface area contributed by atoms with Crippen LogP contribution in [-0.4, -0.2) is 15.5 Å². The molecule has 2 aromatic carbocycles. The van der Waals surface area contributed by atoms with Crippen LogP contribution in [0, 0.1) is 0 Å². The molecular weight excluding hydrogens is 298 g/mol. The number of hydrogen-bond acceptors (Lipinski definition) is 2. The van der Waals surface area contributed by atoms with Crippen molar-refractivity contribution in [2.75, 3.05) is 5.32 Å². The highest BCUT2D eigenvalue weighted by Crippen LogP contribution is 2.24. The number of anilines is 1. The predicted octanol–water partition coefficient (Wildman–Crippen LogP) is 4.53. The van der Waals surface area contributed by atoms with Gasteiger partial charge in [-0.1, -0.05) is 45.0 Å². The van der Waals surface area contributed by atoms with E-state index in [1.54, 1.807) is 6.33 Å². The number of carbonyl (C=O) groups is 1. The molecule has 0 saturated carbocycles. The van der Waals surface area contributed by atoms with Gasteiger partial charge in [-0.25, -0.2) is 4.98 Å². The molecule has 1 heterocycles. The summed E-state index contributed by atoms with van der Waals surface area (Å²) in [6, 6.07) is 15.5. The van der Waals surface area contributed by atoms with E-state index in [9.17, 15) is 4.79 Å². The summed E-state index contributed by atoms with van der Waals surface area (Å²) in [5.74, 6) is -0.0540. The second-order valence-electron chi connectivity index (χ2n) is 7.13. The van der Waals surface area contributed by atoms with Gasteiger partial charge in [-0.15, -0.1) is 0 Å². The Balaban J connectivity index is 1.77. The van der Waals surface area contributed by atoms with Crippen molar-refractivity contribution in [3.05, 3.63) is 60.4 Å². The van der Waals surface area contributed by atoms with Gasteiger partial charge in [0.15, 0.2) is 0 Å². The van der Waals surface area contributed by atoms with Gasteiger partial charge in [-0.05, 0) is 42.2 Å². The summed E-state index contributed by atoms with van der Waals surface area (Å²) < 4.78 is 1.90. The molecule has 0 radical (unpaired) electrons. The Morgan fingerprint density at radius 2 is 1.75 bits per heavy atom. The first kappa shape index (κ1) is 16.2. The van der Waals surface area contributed by atoms with Crippen molar-refractivity contribution in [3.8, 4) is 0 Å². The molecule has 3 aromatic rings. The van der Waals surface area contributed by atoms with Gasteiger partial charge in [0.05, 0.1) is 17.4 Å². The van der Waals surface area contributed by atoms with Crippen molar-refractivity contribution in [1.29, 1.82) is 0 Å². The zero-order valence-corrected chi connectivity index (χ0v) is 14.6. The van der Waals surface area contributed by atoms with Crippen LogP contribution in [0.4, 0.5) is 5.69 Å². The lowest BCUT2D eigenvalue weighted by atomic mass is 9.87. The SMILES string of the molecule is C[C@H](C(=O)Nc1ccc(C(C)(C)C)cc1)n1cnc2ccccc21. The monoisotopic (exact) mass is 321 g/mol. The van der Waals surface area contributed by atoms with E-state index in [4.69, 9.17) is 0 Å². The van der Waals surface area contributed by atoms with E-state index in [1.807, 2.05) is 47.9 Å². The first-order valence-electron chi connectivity index (χ1n) is 8.19. The quantitative estimate of drug-likeness (QED) is 0.770. The van der Waals surface area contributed by atoms with E-state index in [-0.39, 0.29) is 17.4 Å². The van der Waals surface area contributed by atoms with Crippen molar-refractivity contribution in [1.82, 2.24) is 9.55 Å². The number of para-hydroxylation sites is 2. The largest absolute Gasteiger partial charge is 0.324 e. The lowest BCUT2D eigenvalue weighted by molar-refractivity contribution is -0.118. The molecule has 24 heavy (non-hydrogen) atoms. The first-order valence-corrected chi connectivity index (χ1v) is 8.19. The number of aromatic nitrogens is 2. The van der Waals surface area contributed by atoms with E-state index < -0.39 is 0 Å². The summed E-state index contributed by atoms with van der Waals surface area (Å²) in [6.07, 6.45) is 1.72. The number of nitrogens with one attached hydrogen (secondary N) is 1. The normalized spacial score (nSPS) is 13.0. The van der Waals surface area contributed by atoms with E-state index in [0.717, 1.165) is 16.7 Å². The molecule has 0 unspecified atom stereocenters. The summed E-state index contributed by atoms with van der Waals surface area (Å²) >= 11 is 0. The second-order valence-corrected chi connectivity index (χ2v) is 7.13. The number of rotatable bonds is 3. The minimum Gasteiger partial charge on any atom is -0.324 e. The molecule has 0 aliphatic heterocycles. The van der Waals surface area contributed by atoms with Gasteiger partial charge in [0, 0.05) is 5.69 Å². The lowest BCUT2D eigenvalue weighted by Gasteiger charge is -2.19. The molecule has 1 N–H and O–H groups in total. The van der Waals surface area contributed by atoms with Gasteiger partial charge in [-0.3, -0.25) is 4.79 Å². The summed E-state index contributed by atoms with van der Waals surface area (Å²) in [4.78, 5) is 16.9. The topological polar surface area (TPSA) is 46.9 Å². The molecule has 4 nitrogen and oxygen atoms in total. The lowest BCUT2D eigenvalue weighted by Crippen LogP contribution is -2.23. The van der Waals surface area contributed by atoms with Crippen LogP contribution in [0.2, 0.25) is 0 Å². The van der Waals surface area contributed by atoms with Crippen molar-refractivity contribution in [2.45, 2.75) is 39.2 Å². The number of imidazole rings is 1. The number of fused-ring (bicyclic) bond motifs is 1. The average Bonchev–Trinajstić information content (AvgIpc) is 2.97. The summed E-state index contributed by atoms with van der Waals surface area (Å²) in [5.41, 5.74) is 4.01. The molecule has 0 saturated heterocycles. The van der Waals surface area contributed by atoms with E-state index in [0.29, 0.717) is 0 Å². The summed E-state index contributed by atoms with van der Waals surface area (Å²) in [5, 5.41) is 2.99. The molecule has 1 amide bonds. The third kappa shape index (κ3) is 3.18. The predicted molar refractivity (Wildman–Crippen MR) is 98.2 cm³/mol. The second kappa shape index (κ2) is 6.11. The highest BCUT2D eigenvalue weighted by atomic mass is 16.2. The highest BCUT2D eigenvalue weighted by Gasteiger charge is 2.18. The van der Waals surface area contributed by atoms with Crippen LogP contribution in [0.3, 0.4) is 0 Å². The molecule has 0 spiro atoms. The molecular formula is C20H23N3O. The Morgan fingerprint density at radius 3 is 2.42 bits per heavy atom. The van der Waals surface area contributed by atoms with Crippen LogP contribution >= 0.6 is 0 Å². The average molecular weight is 321 g/mol. The minimum absolute atomic E-state index is 0.0540. The van der Waals surface area contributed by atoms with Crippen LogP contribution < -0.4 is 5.32 Å². The van der Waals surface area contributed by atoms with Crippen molar-refractivity contribution >= 4 is 22.6 Å². The standard InChI is InChI=1S/C20H23N3O/c1-14(23-13-21-17-7-5-6-8-18(17)23)19(24)22-16-11-9-15(10-12-16)20(2,3)4/h5-14H,1-4H3,(H,22,24)/t14-/m1/s1. The van der Waals surface area contributed by atoms with Crippen LogP contribution in [-0.2, 0) is 10.2 Å². The summed E-state index contributed by atoms with van der Waals surface area (Å²) in [7, 11) is 0. The van der Waals surface area contributed by atoms with E-state index in [2.05, 4.69) is 43.2 Å². The van der Waals surface area contributed by atoms with Crippen molar-refractivity contribution in [3.63, 3.8) is 0 Å². The van der Waals surface area contributed by atoms with E-state index in [1.165, 1.54) is 5.56 Å². The number of nitrogens with zero attached hydrogens (tertiary/aromatic N) is 2. The Labute approximate surface area is 142 Å². The fraction of sp³-hybridized carbons (Fsp3) is 0.300. The third-order valence-electron chi connectivity index (χ3n) is 4.30. The molecule has 4 heteroatoms. The molecule has 0 fully saturated rings.